The lowest BCUT2D eigenvalue weighted by Gasteiger charge is -2.24. The first-order valence-electron chi connectivity index (χ1n) is 12.5. The zero-order valence-electron chi connectivity index (χ0n) is 20.7. The molecule has 3 aromatic rings. The van der Waals surface area contributed by atoms with Gasteiger partial charge < -0.3 is 20.3 Å². The van der Waals surface area contributed by atoms with Crippen molar-refractivity contribution in [3.8, 4) is 0 Å². The van der Waals surface area contributed by atoms with Crippen LogP contribution >= 0.6 is 23.4 Å². The van der Waals surface area contributed by atoms with Crippen molar-refractivity contribution in [2.24, 2.45) is 0 Å². The van der Waals surface area contributed by atoms with Crippen LogP contribution in [-0.2, 0) is 16.1 Å². The van der Waals surface area contributed by atoms with Crippen molar-refractivity contribution >= 4 is 46.8 Å². The highest BCUT2D eigenvalue weighted by atomic mass is 35.5. The van der Waals surface area contributed by atoms with Crippen LogP contribution in [0.1, 0.15) is 50.1 Å². The Kier molecular flexibility index (Phi) is 8.32. The Morgan fingerprint density at radius 3 is 2.50 bits per heavy atom. The van der Waals surface area contributed by atoms with Crippen molar-refractivity contribution in [3.05, 3.63) is 100 Å². The first-order chi connectivity index (χ1) is 18.5. The normalized spacial score (nSPS) is 19.0. The fraction of sp³-hybridized carbons (Fsp3) is 0.276. The Hall–Kier alpha value is -3.33. The molecule has 196 valence electrons. The largest absolute Gasteiger partial charge is 0.376 e. The second kappa shape index (κ2) is 12.0. The topological polar surface area (TPSA) is 87.7 Å². The minimum atomic E-state index is -0.316. The van der Waals surface area contributed by atoms with Crippen LogP contribution in [0.3, 0.4) is 0 Å². The molecule has 0 radical (unpaired) electrons. The standard InChI is InChI=1S/C29H28ClN3O4S/c30-22-13-7-19(8-14-22)17-33-26(34)18-38-29(33)21-11-9-20(10-12-21)27(35)32-25-6-2-1-5-24(25)28(36)31-16-23-4-3-15-37-23/h1-2,5-14,23,29H,3-4,15-18H2,(H,31,36)(H,32,35)/t23-,29+/m1/s1. The number of hydrogen-bond donors (Lipinski definition) is 2. The highest BCUT2D eigenvalue weighted by Gasteiger charge is 2.32. The molecule has 0 aromatic heterocycles. The van der Waals surface area contributed by atoms with E-state index in [0.29, 0.717) is 40.7 Å². The van der Waals surface area contributed by atoms with Gasteiger partial charge in [0.2, 0.25) is 5.91 Å². The lowest BCUT2D eigenvalue weighted by atomic mass is 10.1. The number of benzene rings is 3. The lowest BCUT2D eigenvalue weighted by Crippen LogP contribution is -2.32. The number of hydrogen-bond acceptors (Lipinski definition) is 5. The number of carbonyl (C=O) groups is 3. The molecule has 0 unspecified atom stereocenters. The minimum absolute atomic E-state index is 0.0367. The summed E-state index contributed by atoms with van der Waals surface area (Å²) in [5, 5.41) is 6.29. The SMILES string of the molecule is O=C(Nc1ccccc1C(=O)NC[C@H]1CCCO1)c1ccc([C@@H]2SCC(=O)N2Cc2ccc(Cl)cc2)cc1. The molecule has 0 saturated carbocycles. The van der Waals surface area contributed by atoms with E-state index in [1.165, 1.54) is 0 Å². The van der Waals surface area contributed by atoms with Gasteiger partial charge in [0, 0.05) is 30.3 Å². The molecular formula is C29H28ClN3O4S. The summed E-state index contributed by atoms with van der Waals surface area (Å²) in [6.45, 7) is 1.66. The van der Waals surface area contributed by atoms with Gasteiger partial charge in [-0.15, -0.1) is 11.8 Å². The maximum Gasteiger partial charge on any atom is 0.255 e. The Labute approximate surface area is 230 Å². The quantitative estimate of drug-likeness (QED) is 0.399. The van der Waals surface area contributed by atoms with Crippen molar-refractivity contribution in [2.45, 2.75) is 30.9 Å². The molecular weight excluding hydrogens is 522 g/mol. The van der Waals surface area contributed by atoms with E-state index in [0.717, 1.165) is 30.6 Å². The number of halogens is 1. The Bertz CT molecular complexity index is 1310. The van der Waals surface area contributed by atoms with Crippen LogP contribution in [0.4, 0.5) is 5.69 Å². The van der Waals surface area contributed by atoms with E-state index >= 15 is 0 Å². The third-order valence-corrected chi connectivity index (χ3v) is 8.13. The Morgan fingerprint density at radius 1 is 1.00 bits per heavy atom. The average Bonchev–Trinajstić information content (AvgIpc) is 3.59. The van der Waals surface area contributed by atoms with Crippen LogP contribution in [0, 0.1) is 0 Å². The predicted octanol–water partition coefficient (Wildman–Crippen LogP) is 5.28. The minimum Gasteiger partial charge on any atom is -0.376 e. The highest BCUT2D eigenvalue weighted by Crippen LogP contribution is 2.39. The summed E-state index contributed by atoms with van der Waals surface area (Å²) in [5.74, 6) is -0.0858. The lowest BCUT2D eigenvalue weighted by molar-refractivity contribution is -0.128. The summed E-state index contributed by atoms with van der Waals surface area (Å²) in [7, 11) is 0. The summed E-state index contributed by atoms with van der Waals surface area (Å²) in [5.41, 5.74) is 3.25. The van der Waals surface area contributed by atoms with E-state index in [-0.39, 0.29) is 29.2 Å². The zero-order valence-corrected chi connectivity index (χ0v) is 22.3. The van der Waals surface area contributed by atoms with Crippen molar-refractivity contribution in [3.63, 3.8) is 0 Å². The van der Waals surface area contributed by atoms with Gasteiger partial charge in [0.15, 0.2) is 0 Å². The van der Waals surface area contributed by atoms with E-state index in [1.807, 2.05) is 41.3 Å². The van der Waals surface area contributed by atoms with Gasteiger partial charge in [0.25, 0.3) is 11.8 Å². The molecule has 0 spiro atoms. The summed E-state index contributed by atoms with van der Waals surface area (Å²) in [6.07, 6.45) is 1.97. The van der Waals surface area contributed by atoms with Crippen LogP contribution in [0.25, 0.3) is 0 Å². The summed E-state index contributed by atoms with van der Waals surface area (Å²) >= 11 is 7.56. The first-order valence-corrected chi connectivity index (χ1v) is 14.0. The van der Waals surface area contributed by atoms with Gasteiger partial charge in [-0.2, -0.15) is 0 Å². The molecule has 2 aliphatic heterocycles. The average molecular weight is 550 g/mol. The van der Waals surface area contributed by atoms with Gasteiger partial charge in [-0.1, -0.05) is 48.0 Å². The number of nitrogens with zero attached hydrogens (tertiary/aromatic N) is 1. The molecule has 2 saturated heterocycles. The second-order valence-electron chi connectivity index (χ2n) is 9.28. The van der Waals surface area contributed by atoms with Crippen molar-refractivity contribution in [2.75, 3.05) is 24.2 Å². The third kappa shape index (κ3) is 6.20. The molecule has 2 atom stereocenters. The molecule has 2 N–H and O–H groups in total. The van der Waals surface area contributed by atoms with Crippen molar-refractivity contribution in [1.29, 1.82) is 0 Å². The zero-order chi connectivity index (χ0) is 26.5. The van der Waals surface area contributed by atoms with Crippen LogP contribution in [0.5, 0.6) is 0 Å². The van der Waals surface area contributed by atoms with E-state index in [4.69, 9.17) is 16.3 Å². The van der Waals surface area contributed by atoms with Crippen LogP contribution in [0.15, 0.2) is 72.8 Å². The van der Waals surface area contributed by atoms with Crippen LogP contribution in [-0.4, -0.2) is 47.6 Å². The number of rotatable bonds is 8. The fourth-order valence-electron chi connectivity index (χ4n) is 4.58. The van der Waals surface area contributed by atoms with Gasteiger partial charge in [-0.3, -0.25) is 14.4 Å². The van der Waals surface area contributed by atoms with Crippen LogP contribution in [0.2, 0.25) is 5.02 Å². The maximum absolute atomic E-state index is 13.0. The third-order valence-electron chi connectivity index (χ3n) is 6.63. The Balaban J connectivity index is 1.24. The number of para-hydroxylation sites is 1. The van der Waals surface area contributed by atoms with Crippen molar-refractivity contribution < 1.29 is 19.1 Å². The molecule has 3 amide bonds. The number of amides is 3. The molecule has 2 fully saturated rings. The molecule has 2 aliphatic rings. The first kappa shape index (κ1) is 26.3. The predicted molar refractivity (Wildman–Crippen MR) is 149 cm³/mol. The highest BCUT2D eigenvalue weighted by molar-refractivity contribution is 8.00. The van der Waals surface area contributed by atoms with E-state index in [9.17, 15) is 14.4 Å². The Morgan fingerprint density at radius 2 is 1.76 bits per heavy atom. The molecule has 5 rings (SSSR count). The molecule has 0 aliphatic carbocycles. The van der Waals surface area contributed by atoms with Crippen LogP contribution < -0.4 is 10.6 Å². The summed E-state index contributed by atoms with van der Waals surface area (Å²) < 4.78 is 5.57. The summed E-state index contributed by atoms with van der Waals surface area (Å²) in [6, 6.07) is 21.7. The van der Waals surface area contributed by atoms with Gasteiger partial charge in [0.1, 0.15) is 5.37 Å². The van der Waals surface area contributed by atoms with E-state index in [2.05, 4.69) is 10.6 Å². The monoisotopic (exact) mass is 549 g/mol. The van der Waals surface area contributed by atoms with Gasteiger partial charge >= 0.3 is 0 Å². The fourth-order valence-corrected chi connectivity index (χ4v) is 5.89. The molecule has 2 heterocycles. The van der Waals surface area contributed by atoms with Gasteiger partial charge in [-0.25, -0.2) is 0 Å². The molecule has 7 nitrogen and oxygen atoms in total. The van der Waals surface area contributed by atoms with Gasteiger partial charge in [0.05, 0.1) is 23.1 Å². The number of nitrogens with one attached hydrogen (secondary N) is 2. The molecule has 9 heteroatoms. The maximum atomic E-state index is 13.0. The summed E-state index contributed by atoms with van der Waals surface area (Å²) in [4.78, 5) is 40.2. The number of ether oxygens (including phenoxy) is 1. The number of anilines is 1. The molecule has 38 heavy (non-hydrogen) atoms. The van der Waals surface area contributed by atoms with E-state index in [1.54, 1.807) is 48.2 Å². The second-order valence-corrected chi connectivity index (χ2v) is 10.8. The van der Waals surface area contributed by atoms with Gasteiger partial charge in [-0.05, 0) is 60.4 Å². The smallest absolute Gasteiger partial charge is 0.255 e. The molecule has 0 bridgehead atoms. The molecule has 3 aromatic carbocycles. The number of thioether (sulfide) groups is 1. The van der Waals surface area contributed by atoms with E-state index < -0.39 is 0 Å². The number of carbonyl (C=O) groups excluding carboxylic acids is 3. The van der Waals surface area contributed by atoms with Crippen molar-refractivity contribution in [1.82, 2.24) is 10.2 Å².